The third kappa shape index (κ3) is 2.81. The van der Waals surface area contributed by atoms with E-state index in [4.69, 9.17) is 5.73 Å². The van der Waals surface area contributed by atoms with Crippen LogP contribution >= 0.6 is 0 Å². The Bertz CT molecular complexity index is 364. The van der Waals surface area contributed by atoms with Gasteiger partial charge in [0.05, 0.1) is 5.54 Å². The highest BCUT2D eigenvalue weighted by Crippen LogP contribution is 2.29. The van der Waals surface area contributed by atoms with Crippen LogP contribution in [0.25, 0.3) is 0 Å². The Morgan fingerprint density at radius 3 is 2.00 bits per heavy atom. The van der Waals surface area contributed by atoms with Crippen LogP contribution in [0.3, 0.4) is 0 Å². The van der Waals surface area contributed by atoms with E-state index in [0.717, 1.165) is 0 Å². The summed E-state index contributed by atoms with van der Waals surface area (Å²) >= 11 is 0. The molecule has 0 aliphatic heterocycles. The summed E-state index contributed by atoms with van der Waals surface area (Å²) in [5.74, 6) is 0.512. The number of likely N-dealkylation sites (N-methyl/N-ethyl adjacent to an activating group) is 1. The molecular formula is C15H26N2. The Morgan fingerprint density at radius 2 is 1.65 bits per heavy atom. The van der Waals surface area contributed by atoms with E-state index in [1.165, 1.54) is 16.8 Å². The molecule has 1 atom stereocenters. The summed E-state index contributed by atoms with van der Waals surface area (Å²) in [5.41, 5.74) is 9.84. The molecule has 1 rings (SSSR count). The maximum atomic E-state index is 5.98. The number of benzene rings is 1. The summed E-state index contributed by atoms with van der Waals surface area (Å²) in [5, 5.41) is 0. The van der Waals surface area contributed by atoms with Crippen molar-refractivity contribution < 1.29 is 0 Å². The third-order valence-corrected chi connectivity index (χ3v) is 4.02. The van der Waals surface area contributed by atoms with Crippen LogP contribution in [0.4, 0.5) is 5.69 Å². The summed E-state index contributed by atoms with van der Waals surface area (Å²) in [6.07, 6.45) is 0. The molecule has 0 radical (unpaired) electrons. The van der Waals surface area contributed by atoms with Crippen molar-refractivity contribution in [3.8, 4) is 0 Å². The van der Waals surface area contributed by atoms with Gasteiger partial charge in [-0.05, 0) is 49.9 Å². The molecule has 2 nitrogen and oxygen atoms in total. The molecule has 0 saturated heterocycles. The number of nitrogens with zero attached hydrogens (tertiary/aromatic N) is 1. The zero-order valence-corrected chi connectivity index (χ0v) is 12.0. The lowest BCUT2D eigenvalue weighted by Crippen LogP contribution is -2.53. The molecule has 0 aliphatic rings. The highest BCUT2D eigenvalue weighted by molar-refractivity contribution is 5.52. The number of hydrogen-bond acceptors (Lipinski definition) is 2. The average molecular weight is 234 g/mol. The Hall–Kier alpha value is -1.02. The summed E-state index contributed by atoms with van der Waals surface area (Å²) in [7, 11) is 2.14. The van der Waals surface area contributed by atoms with E-state index >= 15 is 0 Å². The van der Waals surface area contributed by atoms with Crippen LogP contribution in [-0.2, 0) is 0 Å². The zero-order chi connectivity index (χ0) is 13.2. The van der Waals surface area contributed by atoms with Gasteiger partial charge in [-0.25, -0.2) is 0 Å². The maximum absolute atomic E-state index is 5.98. The van der Waals surface area contributed by atoms with E-state index in [2.05, 4.69) is 64.8 Å². The topological polar surface area (TPSA) is 29.3 Å². The quantitative estimate of drug-likeness (QED) is 0.867. The smallest absolute Gasteiger partial charge is 0.0515 e. The second-order valence-corrected chi connectivity index (χ2v) is 5.62. The molecule has 0 saturated carbocycles. The SMILES string of the molecule is Cc1cc(C)cc(N(C)C(C)(CN)C(C)C)c1. The van der Waals surface area contributed by atoms with Gasteiger partial charge in [0.25, 0.3) is 0 Å². The first kappa shape index (κ1) is 14.0. The van der Waals surface area contributed by atoms with Gasteiger partial charge in [0.15, 0.2) is 0 Å². The van der Waals surface area contributed by atoms with E-state index < -0.39 is 0 Å². The number of aryl methyl sites for hydroxylation is 2. The van der Waals surface area contributed by atoms with Crippen LogP contribution in [0.5, 0.6) is 0 Å². The summed E-state index contributed by atoms with van der Waals surface area (Å²) < 4.78 is 0. The molecule has 96 valence electrons. The van der Waals surface area contributed by atoms with Gasteiger partial charge >= 0.3 is 0 Å². The molecule has 0 spiro atoms. The lowest BCUT2D eigenvalue weighted by Gasteiger charge is -2.43. The fourth-order valence-electron chi connectivity index (χ4n) is 2.20. The third-order valence-electron chi connectivity index (χ3n) is 4.02. The Morgan fingerprint density at radius 1 is 1.18 bits per heavy atom. The first-order valence-electron chi connectivity index (χ1n) is 6.33. The van der Waals surface area contributed by atoms with Crippen molar-refractivity contribution in [3.63, 3.8) is 0 Å². The number of hydrogen-bond donors (Lipinski definition) is 1. The van der Waals surface area contributed by atoms with Crippen molar-refractivity contribution in [2.45, 2.75) is 40.2 Å². The zero-order valence-electron chi connectivity index (χ0n) is 12.0. The predicted octanol–water partition coefficient (Wildman–Crippen LogP) is 3.11. The van der Waals surface area contributed by atoms with Crippen LogP contribution in [0.2, 0.25) is 0 Å². The van der Waals surface area contributed by atoms with Crippen LogP contribution < -0.4 is 10.6 Å². The monoisotopic (exact) mass is 234 g/mol. The summed E-state index contributed by atoms with van der Waals surface area (Å²) in [6.45, 7) is 11.6. The normalized spacial score (nSPS) is 14.8. The van der Waals surface area contributed by atoms with E-state index in [1.807, 2.05) is 0 Å². The molecule has 0 fully saturated rings. The lowest BCUT2D eigenvalue weighted by molar-refractivity contribution is 0.333. The minimum atomic E-state index is 0.000231. The van der Waals surface area contributed by atoms with E-state index in [-0.39, 0.29) is 5.54 Å². The molecule has 0 bridgehead atoms. The van der Waals surface area contributed by atoms with Crippen LogP contribution in [0.15, 0.2) is 18.2 Å². The molecular weight excluding hydrogens is 208 g/mol. The number of rotatable bonds is 4. The van der Waals surface area contributed by atoms with Gasteiger partial charge in [-0.1, -0.05) is 19.9 Å². The summed E-state index contributed by atoms with van der Waals surface area (Å²) in [6, 6.07) is 6.65. The largest absolute Gasteiger partial charge is 0.368 e. The number of anilines is 1. The molecule has 2 heteroatoms. The van der Waals surface area contributed by atoms with Crippen molar-refractivity contribution >= 4 is 5.69 Å². The van der Waals surface area contributed by atoms with Crippen LogP contribution in [0, 0.1) is 19.8 Å². The fraction of sp³-hybridized carbons (Fsp3) is 0.600. The molecule has 0 amide bonds. The van der Waals surface area contributed by atoms with Crippen molar-refractivity contribution in [1.29, 1.82) is 0 Å². The van der Waals surface area contributed by atoms with Crippen LogP contribution in [0.1, 0.15) is 31.9 Å². The van der Waals surface area contributed by atoms with E-state index in [1.54, 1.807) is 0 Å². The number of nitrogens with two attached hydrogens (primary N) is 1. The molecule has 1 unspecified atom stereocenters. The van der Waals surface area contributed by atoms with Gasteiger partial charge in [0.1, 0.15) is 0 Å². The molecule has 17 heavy (non-hydrogen) atoms. The predicted molar refractivity (Wildman–Crippen MR) is 76.6 cm³/mol. The minimum Gasteiger partial charge on any atom is -0.368 e. The standard InChI is InChI=1S/C15H26N2/c1-11(2)15(5,10-16)17(6)14-8-12(3)7-13(4)9-14/h7-9,11H,10,16H2,1-6H3. The first-order valence-corrected chi connectivity index (χ1v) is 6.33. The maximum Gasteiger partial charge on any atom is 0.0515 e. The van der Waals surface area contributed by atoms with Crippen molar-refractivity contribution in [2.24, 2.45) is 11.7 Å². The molecule has 1 aromatic carbocycles. The fourth-order valence-corrected chi connectivity index (χ4v) is 2.20. The Balaban J connectivity index is 3.14. The second-order valence-electron chi connectivity index (χ2n) is 5.62. The molecule has 0 heterocycles. The first-order chi connectivity index (χ1) is 7.81. The van der Waals surface area contributed by atoms with Gasteiger partial charge in [-0.2, -0.15) is 0 Å². The van der Waals surface area contributed by atoms with Gasteiger partial charge in [-0.3, -0.25) is 0 Å². The average Bonchev–Trinajstić information content (AvgIpc) is 2.25. The van der Waals surface area contributed by atoms with Crippen LogP contribution in [-0.4, -0.2) is 19.1 Å². The van der Waals surface area contributed by atoms with Crippen molar-refractivity contribution in [2.75, 3.05) is 18.5 Å². The highest BCUT2D eigenvalue weighted by atomic mass is 15.2. The minimum absolute atomic E-state index is 0.000231. The molecule has 1 aromatic rings. The molecule has 0 aromatic heterocycles. The Kier molecular flexibility index (Phi) is 4.21. The van der Waals surface area contributed by atoms with Gasteiger partial charge in [0.2, 0.25) is 0 Å². The van der Waals surface area contributed by atoms with Crippen molar-refractivity contribution in [1.82, 2.24) is 0 Å². The van der Waals surface area contributed by atoms with E-state index in [0.29, 0.717) is 12.5 Å². The van der Waals surface area contributed by atoms with Gasteiger partial charge in [-0.15, -0.1) is 0 Å². The Labute approximate surface area is 106 Å². The van der Waals surface area contributed by atoms with Crippen molar-refractivity contribution in [3.05, 3.63) is 29.3 Å². The molecule has 2 N–H and O–H groups in total. The highest BCUT2D eigenvalue weighted by Gasteiger charge is 2.31. The second kappa shape index (κ2) is 5.09. The van der Waals surface area contributed by atoms with Gasteiger partial charge in [0, 0.05) is 19.3 Å². The van der Waals surface area contributed by atoms with E-state index in [9.17, 15) is 0 Å². The summed E-state index contributed by atoms with van der Waals surface area (Å²) in [4.78, 5) is 2.32. The lowest BCUT2D eigenvalue weighted by atomic mass is 9.86. The molecule has 0 aliphatic carbocycles. The van der Waals surface area contributed by atoms with Gasteiger partial charge < -0.3 is 10.6 Å².